The fourth-order valence-corrected chi connectivity index (χ4v) is 2.96. The Labute approximate surface area is 144 Å². The summed E-state index contributed by atoms with van der Waals surface area (Å²) in [4.78, 5) is 17.0. The number of halogens is 2. The van der Waals surface area contributed by atoms with Crippen LogP contribution < -0.4 is 5.32 Å². The van der Waals surface area contributed by atoms with Crippen LogP contribution >= 0.6 is 23.2 Å². The Hall–Kier alpha value is -2.04. The average Bonchev–Trinajstić information content (AvgIpc) is 2.85. The molecule has 0 saturated heterocycles. The summed E-state index contributed by atoms with van der Waals surface area (Å²) in [5, 5.41) is 3.65. The second-order valence-corrected chi connectivity index (χ2v) is 6.00. The average molecular weight is 348 g/mol. The number of hydrogen-bond donors (Lipinski definition) is 1. The molecular weight excluding hydrogens is 333 g/mol. The molecule has 0 atom stereocenters. The molecule has 0 bridgehead atoms. The molecule has 0 saturated carbocycles. The minimum Gasteiger partial charge on any atom is -0.310 e. The van der Waals surface area contributed by atoms with Crippen LogP contribution in [0, 0.1) is 0 Å². The number of benzene rings is 2. The fourth-order valence-electron chi connectivity index (χ4n) is 2.46. The third kappa shape index (κ3) is 3.19. The molecule has 118 valence electrons. The van der Waals surface area contributed by atoms with Gasteiger partial charge in [0.2, 0.25) is 5.95 Å². The summed E-state index contributed by atoms with van der Waals surface area (Å²) < 4.78 is 2.00. The molecule has 2 aromatic carbocycles. The van der Waals surface area contributed by atoms with Crippen molar-refractivity contribution < 1.29 is 4.79 Å². The summed E-state index contributed by atoms with van der Waals surface area (Å²) >= 11 is 12.0. The zero-order valence-corrected chi connectivity index (χ0v) is 14.0. The van der Waals surface area contributed by atoms with Gasteiger partial charge in [0.25, 0.3) is 5.91 Å². The lowest BCUT2D eigenvalue weighted by Gasteiger charge is -2.09. The largest absolute Gasteiger partial charge is 0.310 e. The van der Waals surface area contributed by atoms with Crippen molar-refractivity contribution in [3.8, 4) is 0 Å². The third-order valence-corrected chi connectivity index (χ3v) is 4.05. The molecule has 0 aliphatic carbocycles. The summed E-state index contributed by atoms with van der Waals surface area (Å²) in [6, 6.07) is 12.6. The van der Waals surface area contributed by atoms with Crippen molar-refractivity contribution in [3.05, 3.63) is 58.1 Å². The third-order valence-electron chi connectivity index (χ3n) is 3.50. The number of para-hydroxylation sites is 2. The molecule has 0 aliphatic rings. The number of rotatable bonds is 4. The van der Waals surface area contributed by atoms with Gasteiger partial charge in [-0.2, -0.15) is 0 Å². The molecule has 3 rings (SSSR count). The SMILES string of the molecule is CCCn1c(NC(=O)c2ccc(Cl)cc2Cl)nc2ccccc21. The standard InChI is InChI=1S/C17H15Cl2N3O/c1-2-9-22-15-6-4-3-5-14(15)20-17(22)21-16(23)12-8-7-11(18)10-13(12)19/h3-8,10H,2,9H2,1H3,(H,20,21,23). The van der Waals surface area contributed by atoms with Crippen molar-refractivity contribution in [2.75, 3.05) is 5.32 Å². The van der Waals surface area contributed by atoms with E-state index in [1.807, 2.05) is 28.8 Å². The molecule has 0 radical (unpaired) electrons. The molecule has 23 heavy (non-hydrogen) atoms. The van der Waals surface area contributed by atoms with E-state index in [-0.39, 0.29) is 5.91 Å². The number of aromatic nitrogens is 2. The molecule has 1 aromatic heterocycles. The summed E-state index contributed by atoms with van der Waals surface area (Å²) in [6.45, 7) is 2.85. The van der Waals surface area contributed by atoms with Gasteiger partial charge < -0.3 is 4.57 Å². The van der Waals surface area contributed by atoms with Crippen LogP contribution in [0.15, 0.2) is 42.5 Å². The van der Waals surface area contributed by atoms with Gasteiger partial charge in [-0.3, -0.25) is 10.1 Å². The second kappa shape index (κ2) is 6.60. The summed E-state index contributed by atoms with van der Waals surface area (Å²) in [7, 11) is 0. The maximum Gasteiger partial charge on any atom is 0.259 e. The summed E-state index contributed by atoms with van der Waals surface area (Å²) in [5.41, 5.74) is 2.21. The Bertz CT molecular complexity index is 873. The summed E-state index contributed by atoms with van der Waals surface area (Å²) in [5.74, 6) is 0.211. The van der Waals surface area contributed by atoms with E-state index in [0.29, 0.717) is 21.6 Å². The number of carbonyl (C=O) groups is 1. The van der Waals surface area contributed by atoms with Crippen LogP contribution in [0.25, 0.3) is 11.0 Å². The van der Waals surface area contributed by atoms with Gasteiger partial charge in [0.15, 0.2) is 0 Å². The van der Waals surface area contributed by atoms with E-state index in [0.717, 1.165) is 24.0 Å². The van der Waals surface area contributed by atoms with Crippen molar-refractivity contribution in [2.24, 2.45) is 0 Å². The highest BCUT2D eigenvalue weighted by atomic mass is 35.5. The monoisotopic (exact) mass is 347 g/mol. The van der Waals surface area contributed by atoms with Crippen LogP contribution in [-0.4, -0.2) is 15.5 Å². The van der Waals surface area contributed by atoms with Crippen LogP contribution in [0.5, 0.6) is 0 Å². The Kier molecular flexibility index (Phi) is 4.55. The quantitative estimate of drug-likeness (QED) is 0.721. The van der Waals surface area contributed by atoms with E-state index in [9.17, 15) is 4.79 Å². The van der Waals surface area contributed by atoms with E-state index < -0.39 is 0 Å². The zero-order valence-electron chi connectivity index (χ0n) is 12.5. The number of aryl methyl sites for hydroxylation is 1. The number of anilines is 1. The van der Waals surface area contributed by atoms with Crippen LogP contribution in [-0.2, 0) is 6.54 Å². The molecule has 1 heterocycles. The first-order valence-corrected chi connectivity index (χ1v) is 8.07. The van der Waals surface area contributed by atoms with Crippen LogP contribution in [0.3, 0.4) is 0 Å². The van der Waals surface area contributed by atoms with E-state index in [4.69, 9.17) is 23.2 Å². The molecule has 1 amide bonds. The smallest absolute Gasteiger partial charge is 0.259 e. The highest BCUT2D eigenvalue weighted by molar-refractivity contribution is 6.37. The van der Waals surface area contributed by atoms with Gasteiger partial charge >= 0.3 is 0 Å². The highest BCUT2D eigenvalue weighted by Gasteiger charge is 2.16. The van der Waals surface area contributed by atoms with Gasteiger partial charge in [-0.05, 0) is 36.8 Å². The van der Waals surface area contributed by atoms with Gasteiger partial charge in [-0.1, -0.05) is 42.3 Å². The molecule has 6 heteroatoms. The first-order valence-electron chi connectivity index (χ1n) is 7.32. The normalized spacial score (nSPS) is 10.9. The lowest BCUT2D eigenvalue weighted by molar-refractivity contribution is 0.102. The molecule has 4 nitrogen and oxygen atoms in total. The van der Waals surface area contributed by atoms with E-state index >= 15 is 0 Å². The number of nitrogens with one attached hydrogen (secondary N) is 1. The van der Waals surface area contributed by atoms with Crippen LogP contribution in [0.2, 0.25) is 10.0 Å². The van der Waals surface area contributed by atoms with Gasteiger partial charge in [0.05, 0.1) is 21.6 Å². The first kappa shape index (κ1) is 15.8. The molecule has 0 aliphatic heterocycles. The predicted octanol–water partition coefficient (Wildman–Crippen LogP) is 5.01. The maximum absolute atomic E-state index is 12.5. The fraction of sp³-hybridized carbons (Fsp3) is 0.176. The lowest BCUT2D eigenvalue weighted by Crippen LogP contribution is -2.16. The number of nitrogens with zero attached hydrogens (tertiary/aromatic N) is 2. The van der Waals surface area contributed by atoms with Crippen molar-refractivity contribution in [3.63, 3.8) is 0 Å². The van der Waals surface area contributed by atoms with Gasteiger partial charge in [-0.15, -0.1) is 0 Å². The van der Waals surface area contributed by atoms with E-state index in [2.05, 4.69) is 17.2 Å². The van der Waals surface area contributed by atoms with Crippen molar-refractivity contribution in [1.29, 1.82) is 0 Å². The zero-order chi connectivity index (χ0) is 16.4. The minimum absolute atomic E-state index is 0.306. The van der Waals surface area contributed by atoms with Gasteiger partial charge in [0, 0.05) is 11.6 Å². The minimum atomic E-state index is -0.306. The molecule has 1 N–H and O–H groups in total. The number of carbonyl (C=O) groups excluding carboxylic acids is 1. The van der Waals surface area contributed by atoms with Crippen molar-refractivity contribution in [1.82, 2.24) is 9.55 Å². The molecule has 0 spiro atoms. The second-order valence-electron chi connectivity index (χ2n) is 5.15. The molecule has 3 aromatic rings. The highest BCUT2D eigenvalue weighted by Crippen LogP contribution is 2.24. The van der Waals surface area contributed by atoms with E-state index in [1.165, 1.54) is 0 Å². The molecule has 0 fully saturated rings. The molecule has 0 unspecified atom stereocenters. The number of hydrogen-bond acceptors (Lipinski definition) is 2. The van der Waals surface area contributed by atoms with Crippen molar-refractivity contribution >= 4 is 46.1 Å². The van der Waals surface area contributed by atoms with Gasteiger partial charge in [0.1, 0.15) is 0 Å². The van der Waals surface area contributed by atoms with Crippen LogP contribution in [0.4, 0.5) is 5.95 Å². The number of imidazole rings is 1. The first-order chi connectivity index (χ1) is 11.1. The number of amides is 1. The lowest BCUT2D eigenvalue weighted by atomic mass is 10.2. The van der Waals surface area contributed by atoms with Crippen molar-refractivity contribution in [2.45, 2.75) is 19.9 Å². The molecular formula is C17H15Cl2N3O. The number of fused-ring (bicyclic) bond motifs is 1. The Morgan fingerprint density at radius 1 is 1.22 bits per heavy atom. The maximum atomic E-state index is 12.5. The van der Waals surface area contributed by atoms with Gasteiger partial charge in [-0.25, -0.2) is 4.98 Å². The Morgan fingerprint density at radius 2 is 2.00 bits per heavy atom. The van der Waals surface area contributed by atoms with Crippen LogP contribution in [0.1, 0.15) is 23.7 Å². The predicted molar refractivity (Wildman–Crippen MR) is 94.4 cm³/mol. The summed E-state index contributed by atoms with van der Waals surface area (Å²) in [6.07, 6.45) is 0.935. The van der Waals surface area contributed by atoms with E-state index in [1.54, 1.807) is 18.2 Å². The topological polar surface area (TPSA) is 46.9 Å². The Balaban J connectivity index is 1.97. The Morgan fingerprint density at radius 3 is 2.74 bits per heavy atom.